The zero-order chi connectivity index (χ0) is 22.0. The summed E-state index contributed by atoms with van der Waals surface area (Å²) in [5, 5.41) is 3.68. The third-order valence-corrected chi connectivity index (χ3v) is 7.14. The van der Waals surface area contributed by atoms with Crippen LogP contribution in [0.15, 0.2) is 0 Å². The number of nitrogens with one attached hydrogen (secondary N) is 1. The zero-order valence-corrected chi connectivity index (χ0v) is 19.6. The highest BCUT2D eigenvalue weighted by Gasteiger charge is 2.32. The van der Waals surface area contributed by atoms with Gasteiger partial charge < -0.3 is 15.0 Å². The van der Waals surface area contributed by atoms with E-state index in [0.717, 1.165) is 24.8 Å². The monoisotopic (exact) mass is 434 g/mol. The Balaban J connectivity index is 1.73. The average molecular weight is 435 g/mol. The van der Waals surface area contributed by atoms with E-state index >= 15 is 0 Å². The molecule has 30 heavy (non-hydrogen) atoms. The van der Waals surface area contributed by atoms with Crippen LogP contribution in [0, 0.1) is 17.8 Å². The van der Waals surface area contributed by atoms with Crippen LogP contribution in [-0.4, -0.2) is 41.9 Å². The molecule has 0 spiro atoms. The molecule has 0 saturated carbocycles. The van der Waals surface area contributed by atoms with Crippen molar-refractivity contribution in [2.24, 2.45) is 17.8 Å². The van der Waals surface area contributed by atoms with E-state index in [2.05, 4.69) is 12.2 Å². The summed E-state index contributed by atoms with van der Waals surface area (Å²) in [6.45, 7) is 10.9. The number of amides is 2. The molecule has 1 atom stereocenters. The molecule has 1 aliphatic heterocycles. The Labute approximate surface area is 183 Å². The highest BCUT2D eigenvalue weighted by atomic mass is 32.1. The summed E-state index contributed by atoms with van der Waals surface area (Å²) >= 11 is 1.53. The molecule has 0 aromatic carbocycles. The fourth-order valence-corrected chi connectivity index (χ4v) is 5.67. The van der Waals surface area contributed by atoms with E-state index in [0.29, 0.717) is 42.4 Å². The number of anilines is 1. The summed E-state index contributed by atoms with van der Waals surface area (Å²) < 4.78 is 5.49. The number of carbonyl (C=O) groups is 3. The first-order chi connectivity index (χ1) is 14.2. The molecule has 3 rings (SSSR count). The van der Waals surface area contributed by atoms with Crippen molar-refractivity contribution in [3.8, 4) is 0 Å². The Hall–Kier alpha value is -1.89. The topological polar surface area (TPSA) is 75.7 Å². The lowest BCUT2D eigenvalue weighted by atomic mass is 9.88. The molecule has 1 N–H and O–H groups in total. The quantitative estimate of drug-likeness (QED) is 0.702. The minimum Gasteiger partial charge on any atom is -0.459 e. The fourth-order valence-electron chi connectivity index (χ4n) is 4.27. The van der Waals surface area contributed by atoms with Crippen molar-refractivity contribution >= 4 is 34.1 Å². The molecule has 2 amide bonds. The molecule has 0 radical (unpaired) electrons. The normalized spacial score (nSPS) is 19.7. The molecule has 1 unspecified atom stereocenters. The van der Waals surface area contributed by atoms with Gasteiger partial charge in [-0.1, -0.05) is 20.8 Å². The molecule has 1 aliphatic carbocycles. The third-order valence-electron chi connectivity index (χ3n) is 5.97. The van der Waals surface area contributed by atoms with Crippen molar-refractivity contribution in [2.75, 3.05) is 18.4 Å². The molecule has 1 saturated heterocycles. The van der Waals surface area contributed by atoms with Crippen LogP contribution in [-0.2, 0) is 27.2 Å². The van der Waals surface area contributed by atoms with Gasteiger partial charge in [0.1, 0.15) is 5.00 Å². The van der Waals surface area contributed by atoms with E-state index in [-0.39, 0.29) is 35.7 Å². The van der Waals surface area contributed by atoms with Gasteiger partial charge in [0.25, 0.3) is 0 Å². The summed E-state index contributed by atoms with van der Waals surface area (Å²) in [6, 6.07) is 0. The van der Waals surface area contributed by atoms with Crippen molar-refractivity contribution in [2.45, 2.75) is 72.8 Å². The lowest BCUT2D eigenvalue weighted by Gasteiger charge is -2.32. The Morgan fingerprint density at radius 3 is 2.37 bits per heavy atom. The van der Waals surface area contributed by atoms with Crippen molar-refractivity contribution in [3.63, 3.8) is 0 Å². The van der Waals surface area contributed by atoms with Crippen molar-refractivity contribution < 1.29 is 19.1 Å². The highest BCUT2D eigenvalue weighted by molar-refractivity contribution is 7.17. The minimum absolute atomic E-state index is 0.0234. The maximum absolute atomic E-state index is 13.0. The molecular weight excluding hydrogens is 400 g/mol. The van der Waals surface area contributed by atoms with Crippen LogP contribution in [0.5, 0.6) is 0 Å². The predicted octanol–water partition coefficient (Wildman–Crippen LogP) is 4.27. The molecule has 6 nitrogen and oxygen atoms in total. The van der Waals surface area contributed by atoms with Gasteiger partial charge in [-0.2, -0.15) is 0 Å². The maximum Gasteiger partial charge on any atom is 0.341 e. The number of thiophene rings is 1. The van der Waals surface area contributed by atoms with Crippen LogP contribution in [0.4, 0.5) is 5.00 Å². The molecule has 2 aliphatic rings. The second kappa shape index (κ2) is 9.50. The Kier molecular flexibility index (Phi) is 7.22. The molecule has 0 bridgehead atoms. The van der Waals surface area contributed by atoms with Gasteiger partial charge in [-0.05, 0) is 57.4 Å². The number of carbonyl (C=O) groups excluding carboxylic acids is 3. The van der Waals surface area contributed by atoms with Gasteiger partial charge in [0.15, 0.2) is 0 Å². The van der Waals surface area contributed by atoms with Gasteiger partial charge in [0.2, 0.25) is 11.8 Å². The second-order valence-corrected chi connectivity index (χ2v) is 10.4. The number of esters is 1. The van der Waals surface area contributed by atoms with Crippen LogP contribution in [0.25, 0.3) is 0 Å². The van der Waals surface area contributed by atoms with Gasteiger partial charge in [0.05, 0.1) is 11.7 Å². The van der Waals surface area contributed by atoms with Gasteiger partial charge in [-0.3, -0.25) is 9.59 Å². The SMILES string of the molecule is CC1CCc2c(sc(NC(=O)C3CCN(C(=O)C(C)C)CC3)c2C(=O)OC(C)C)C1. The van der Waals surface area contributed by atoms with Crippen LogP contribution in [0.3, 0.4) is 0 Å². The number of hydrogen-bond acceptors (Lipinski definition) is 5. The number of nitrogens with zero attached hydrogens (tertiary/aromatic N) is 1. The number of fused-ring (bicyclic) bond motifs is 1. The summed E-state index contributed by atoms with van der Waals surface area (Å²) in [5.41, 5.74) is 1.60. The summed E-state index contributed by atoms with van der Waals surface area (Å²) in [7, 11) is 0. The smallest absolute Gasteiger partial charge is 0.341 e. The second-order valence-electron chi connectivity index (χ2n) is 9.25. The summed E-state index contributed by atoms with van der Waals surface area (Å²) in [4.78, 5) is 41.0. The van der Waals surface area contributed by atoms with E-state index in [1.165, 1.54) is 16.2 Å². The van der Waals surface area contributed by atoms with Crippen molar-refractivity contribution in [1.82, 2.24) is 4.90 Å². The van der Waals surface area contributed by atoms with E-state index in [1.807, 2.05) is 32.6 Å². The molecule has 1 aromatic rings. The summed E-state index contributed by atoms with van der Waals surface area (Å²) in [5.74, 6) is 0.156. The maximum atomic E-state index is 13.0. The first-order valence-electron chi connectivity index (χ1n) is 11.1. The van der Waals surface area contributed by atoms with Crippen LogP contribution in [0.1, 0.15) is 74.7 Å². The van der Waals surface area contributed by atoms with Gasteiger partial charge in [0, 0.05) is 29.8 Å². The Bertz CT molecular complexity index is 806. The number of rotatable bonds is 5. The molecular formula is C23H34N2O4S. The predicted molar refractivity (Wildman–Crippen MR) is 119 cm³/mol. The molecule has 7 heteroatoms. The van der Waals surface area contributed by atoms with Gasteiger partial charge in [-0.15, -0.1) is 11.3 Å². The highest BCUT2D eigenvalue weighted by Crippen LogP contribution is 2.40. The van der Waals surface area contributed by atoms with Crippen LogP contribution < -0.4 is 5.32 Å². The number of piperidine rings is 1. The van der Waals surface area contributed by atoms with Crippen molar-refractivity contribution in [1.29, 1.82) is 0 Å². The van der Waals surface area contributed by atoms with E-state index < -0.39 is 0 Å². The largest absolute Gasteiger partial charge is 0.459 e. The number of ether oxygens (including phenoxy) is 1. The van der Waals surface area contributed by atoms with Crippen LogP contribution in [0.2, 0.25) is 0 Å². The average Bonchev–Trinajstić information content (AvgIpc) is 3.03. The van der Waals surface area contributed by atoms with Gasteiger partial charge in [-0.25, -0.2) is 4.79 Å². The number of hydrogen-bond donors (Lipinski definition) is 1. The van der Waals surface area contributed by atoms with Gasteiger partial charge >= 0.3 is 5.97 Å². The molecule has 2 heterocycles. The lowest BCUT2D eigenvalue weighted by Crippen LogP contribution is -2.43. The molecule has 1 aromatic heterocycles. The fraction of sp³-hybridized carbons (Fsp3) is 0.696. The van der Waals surface area contributed by atoms with E-state index in [9.17, 15) is 14.4 Å². The zero-order valence-electron chi connectivity index (χ0n) is 18.7. The van der Waals surface area contributed by atoms with E-state index in [1.54, 1.807) is 0 Å². The lowest BCUT2D eigenvalue weighted by molar-refractivity contribution is -0.137. The van der Waals surface area contributed by atoms with Crippen LogP contribution >= 0.6 is 11.3 Å². The standard InChI is InChI=1S/C23H34N2O4S/c1-13(2)22(27)25-10-8-16(9-11-25)20(26)24-21-19(23(28)29-14(3)4)17-7-6-15(5)12-18(17)30-21/h13-16H,6-12H2,1-5H3,(H,24,26). The Morgan fingerprint density at radius 2 is 1.77 bits per heavy atom. The first-order valence-corrected chi connectivity index (χ1v) is 11.9. The first kappa shape index (κ1) is 22.8. The van der Waals surface area contributed by atoms with E-state index in [4.69, 9.17) is 4.74 Å². The van der Waals surface area contributed by atoms with Crippen molar-refractivity contribution in [3.05, 3.63) is 16.0 Å². The molecule has 1 fully saturated rings. The summed E-state index contributed by atoms with van der Waals surface area (Å²) in [6.07, 6.45) is 3.92. The molecule has 166 valence electrons. The minimum atomic E-state index is -0.343. The Morgan fingerprint density at radius 1 is 1.10 bits per heavy atom. The third kappa shape index (κ3) is 5.05. The number of likely N-dealkylation sites (tertiary alicyclic amines) is 1.